The molecule has 0 bridgehead atoms. The Labute approximate surface area is 133 Å². The van der Waals surface area contributed by atoms with Crippen molar-refractivity contribution in [2.24, 2.45) is 4.99 Å². The topological polar surface area (TPSA) is 82.6 Å². The molecule has 0 atom stereocenters. The van der Waals surface area contributed by atoms with Gasteiger partial charge in [-0.3, -0.25) is 0 Å². The molecule has 1 aromatic rings. The van der Waals surface area contributed by atoms with Crippen LogP contribution in [0.25, 0.3) is 0 Å². The maximum absolute atomic E-state index is 11.3. The molecule has 7 heteroatoms. The molecule has 22 heavy (non-hydrogen) atoms. The third kappa shape index (κ3) is 7.42. The van der Waals surface area contributed by atoms with Crippen LogP contribution in [-0.4, -0.2) is 39.8 Å². The van der Waals surface area contributed by atoms with Gasteiger partial charge in [0.25, 0.3) is 0 Å². The lowest BCUT2D eigenvalue weighted by Crippen LogP contribution is -2.41. The highest BCUT2D eigenvalue weighted by Crippen LogP contribution is 2.04. The summed E-state index contributed by atoms with van der Waals surface area (Å²) in [6.45, 7) is 7.81. The maximum Gasteiger partial charge on any atom is 0.211 e. The van der Waals surface area contributed by atoms with E-state index < -0.39 is 10.0 Å². The highest BCUT2D eigenvalue weighted by Gasteiger charge is 2.04. The summed E-state index contributed by atoms with van der Waals surface area (Å²) in [5, 5.41) is 6.25. The van der Waals surface area contributed by atoms with Gasteiger partial charge in [0.15, 0.2) is 5.96 Å². The van der Waals surface area contributed by atoms with Gasteiger partial charge >= 0.3 is 0 Å². The van der Waals surface area contributed by atoms with Crippen molar-refractivity contribution in [3.8, 4) is 0 Å². The summed E-state index contributed by atoms with van der Waals surface area (Å²) in [5.74, 6) is 0.771. The lowest BCUT2D eigenvalue weighted by atomic mass is 10.1. The predicted octanol–water partition coefficient (Wildman–Crippen LogP) is 0.989. The fourth-order valence-electron chi connectivity index (χ4n) is 1.70. The number of guanidine groups is 1. The van der Waals surface area contributed by atoms with Gasteiger partial charge in [-0.25, -0.2) is 18.1 Å². The molecule has 0 heterocycles. The fourth-order valence-corrected chi connectivity index (χ4v) is 2.31. The second kappa shape index (κ2) is 9.42. The van der Waals surface area contributed by atoms with E-state index in [4.69, 9.17) is 0 Å². The first-order valence-electron chi connectivity index (χ1n) is 7.52. The second-order valence-electron chi connectivity index (χ2n) is 4.91. The molecule has 0 aliphatic rings. The summed E-state index contributed by atoms with van der Waals surface area (Å²) in [6.07, 6.45) is 0. The molecule has 0 saturated heterocycles. The molecule has 0 radical (unpaired) electrons. The summed E-state index contributed by atoms with van der Waals surface area (Å²) < 4.78 is 25.2. The fraction of sp³-hybridized carbons (Fsp3) is 0.533. The van der Waals surface area contributed by atoms with Crippen LogP contribution >= 0.6 is 0 Å². The SMILES string of the molecule is CCNC(=NCc1ccc(C)cc1)NCCNS(=O)(=O)CC. The summed E-state index contributed by atoms with van der Waals surface area (Å²) in [5.41, 5.74) is 2.36. The Morgan fingerprint density at radius 1 is 1.09 bits per heavy atom. The van der Waals surface area contributed by atoms with Crippen LogP contribution in [-0.2, 0) is 16.6 Å². The van der Waals surface area contributed by atoms with Crippen LogP contribution < -0.4 is 15.4 Å². The van der Waals surface area contributed by atoms with Gasteiger partial charge in [0, 0.05) is 19.6 Å². The normalized spacial score (nSPS) is 12.2. The molecular weight excluding hydrogens is 300 g/mol. The summed E-state index contributed by atoms with van der Waals surface area (Å²) in [6, 6.07) is 8.23. The van der Waals surface area contributed by atoms with E-state index in [1.807, 2.05) is 6.92 Å². The number of hydrogen-bond acceptors (Lipinski definition) is 3. The van der Waals surface area contributed by atoms with E-state index in [0.717, 1.165) is 12.1 Å². The Hall–Kier alpha value is -1.60. The van der Waals surface area contributed by atoms with Gasteiger partial charge in [0.1, 0.15) is 0 Å². The molecule has 0 amide bonds. The molecule has 1 aromatic carbocycles. The number of benzene rings is 1. The molecular formula is C15H26N4O2S. The van der Waals surface area contributed by atoms with E-state index >= 15 is 0 Å². The van der Waals surface area contributed by atoms with Gasteiger partial charge < -0.3 is 10.6 Å². The molecule has 1 rings (SSSR count). The van der Waals surface area contributed by atoms with Crippen molar-refractivity contribution < 1.29 is 8.42 Å². The standard InChI is InChI=1S/C15H26N4O2S/c1-4-16-15(17-10-11-19-22(20,21)5-2)18-12-14-8-6-13(3)7-9-14/h6-9,19H,4-5,10-12H2,1-3H3,(H2,16,17,18). The smallest absolute Gasteiger partial charge is 0.211 e. The third-order valence-electron chi connectivity index (χ3n) is 3.00. The molecule has 0 saturated carbocycles. The van der Waals surface area contributed by atoms with Crippen molar-refractivity contribution in [2.45, 2.75) is 27.3 Å². The van der Waals surface area contributed by atoms with E-state index in [1.165, 1.54) is 5.56 Å². The van der Waals surface area contributed by atoms with Crippen LogP contribution in [0.15, 0.2) is 29.3 Å². The molecule has 0 fully saturated rings. The van der Waals surface area contributed by atoms with Crippen molar-refractivity contribution in [3.05, 3.63) is 35.4 Å². The van der Waals surface area contributed by atoms with Crippen LogP contribution in [0.3, 0.4) is 0 Å². The Kier molecular flexibility index (Phi) is 7.90. The van der Waals surface area contributed by atoms with E-state index in [0.29, 0.717) is 25.6 Å². The monoisotopic (exact) mass is 326 g/mol. The number of nitrogens with zero attached hydrogens (tertiary/aromatic N) is 1. The first-order chi connectivity index (χ1) is 10.5. The van der Waals surface area contributed by atoms with Crippen LogP contribution in [0, 0.1) is 6.92 Å². The minimum Gasteiger partial charge on any atom is -0.357 e. The number of aliphatic imine (C=N–C) groups is 1. The van der Waals surface area contributed by atoms with Gasteiger partial charge in [0.05, 0.1) is 12.3 Å². The summed E-state index contributed by atoms with van der Waals surface area (Å²) in [4.78, 5) is 4.48. The van der Waals surface area contributed by atoms with Crippen molar-refractivity contribution in [1.29, 1.82) is 0 Å². The van der Waals surface area contributed by atoms with E-state index in [2.05, 4.69) is 51.5 Å². The van der Waals surface area contributed by atoms with Crippen LogP contribution in [0.4, 0.5) is 0 Å². The number of aryl methyl sites for hydroxylation is 1. The van der Waals surface area contributed by atoms with Crippen molar-refractivity contribution >= 4 is 16.0 Å². The first kappa shape index (κ1) is 18.4. The maximum atomic E-state index is 11.3. The largest absolute Gasteiger partial charge is 0.357 e. The van der Waals surface area contributed by atoms with Gasteiger partial charge in [-0.05, 0) is 26.3 Å². The highest BCUT2D eigenvalue weighted by atomic mass is 32.2. The zero-order chi connectivity index (χ0) is 16.4. The van der Waals surface area contributed by atoms with Gasteiger partial charge in [-0.2, -0.15) is 0 Å². The zero-order valence-corrected chi connectivity index (χ0v) is 14.3. The number of sulfonamides is 1. The Bertz CT molecular complexity index is 568. The Balaban J connectivity index is 2.47. The van der Waals surface area contributed by atoms with Crippen LogP contribution in [0.2, 0.25) is 0 Å². The van der Waals surface area contributed by atoms with E-state index in [-0.39, 0.29) is 5.75 Å². The number of rotatable bonds is 8. The highest BCUT2D eigenvalue weighted by molar-refractivity contribution is 7.89. The summed E-state index contributed by atoms with van der Waals surface area (Å²) >= 11 is 0. The number of nitrogens with one attached hydrogen (secondary N) is 3. The average molecular weight is 326 g/mol. The van der Waals surface area contributed by atoms with Gasteiger partial charge in [0.2, 0.25) is 10.0 Å². The molecule has 0 aromatic heterocycles. The molecule has 0 aliphatic carbocycles. The van der Waals surface area contributed by atoms with Crippen molar-refractivity contribution in [1.82, 2.24) is 15.4 Å². The third-order valence-corrected chi connectivity index (χ3v) is 4.41. The molecule has 3 N–H and O–H groups in total. The quantitative estimate of drug-likeness (QED) is 0.378. The average Bonchev–Trinajstić information content (AvgIpc) is 2.50. The van der Waals surface area contributed by atoms with Crippen molar-refractivity contribution in [2.75, 3.05) is 25.4 Å². The summed E-state index contributed by atoms with van der Waals surface area (Å²) in [7, 11) is -3.14. The zero-order valence-electron chi connectivity index (χ0n) is 13.5. The van der Waals surface area contributed by atoms with E-state index in [1.54, 1.807) is 6.92 Å². The number of hydrogen-bond donors (Lipinski definition) is 3. The van der Waals surface area contributed by atoms with Crippen molar-refractivity contribution in [3.63, 3.8) is 0 Å². The lowest BCUT2D eigenvalue weighted by molar-refractivity contribution is 0.582. The molecule has 6 nitrogen and oxygen atoms in total. The van der Waals surface area contributed by atoms with Crippen LogP contribution in [0.1, 0.15) is 25.0 Å². The minimum absolute atomic E-state index is 0.0918. The minimum atomic E-state index is -3.14. The molecule has 124 valence electrons. The second-order valence-corrected chi connectivity index (χ2v) is 7.00. The van der Waals surface area contributed by atoms with Crippen LogP contribution in [0.5, 0.6) is 0 Å². The molecule has 0 unspecified atom stereocenters. The predicted molar refractivity (Wildman–Crippen MR) is 91.5 cm³/mol. The molecule has 0 spiro atoms. The lowest BCUT2D eigenvalue weighted by Gasteiger charge is -2.11. The molecule has 0 aliphatic heterocycles. The Morgan fingerprint density at radius 2 is 1.77 bits per heavy atom. The Morgan fingerprint density at radius 3 is 2.36 bits per heavy atom. The van der Waals surface area contributed by atoms with E-state index in [9.17, 15) is 8.42 Å². The van der Waals surface area contributed by atoms with Gasteiger partial charge in [-0.15, -0.1) is 0 Å². The first-order valence-corrected chi connectivity index (χ1v) is 9.17. The van der Waals surface area contributed by atoms with Gasteiger partial charge in [-0.1, -0.05) is 29.8 Å².